The SMILES string of the molecule is O/N=C(/Cl)c1ccc(Cl)c(F)c1F. The van der Waals surface area contributed by atoms with E-state index in [4.69, 9.17) is 28.4 Å². The third-order valence-corrected chi connectivity index (χ3v) is 1.92. The Morgan fingerprint density at radius 2 is 1.92 bits per heavy atom. The van der Waals surface area contributed by atoms with Crippen LogP contribution in [0.1, 0.15) is 5.56 Å². The molecule has 2 nitrogen and oxygen atoms in total. The molecule has 1 rings (SSSR count). The number of rotatable bonds is 1. The zero-order valence-corrected chi connectivity index (χ0v) is 7.57. The topological polar surface area (TPSA) is 32.6 Å². The minimum atomic E-state index is -1.24. The Morgan fingerprint density at radius 1 is 1.31 bits per heavy atom. The number of hydrogen-bond acceptors (Lipinski definition) is 2. The molecular formula is C7H3Cl2F2NO. The van der Waals surface area contributed by atoms with Gasteiger partial charge in [-0.15, -0.1) is 0 Å². The van der Waals surface area contributed by atoms with Crippen molar-refractivity contribution in [1.82, 2.24) is 0 Å². The molecule has 0 spiro atoms. The molecule has 0 atom stereocenters. The number of hydrogen-bond donors (Lipinski definition) is 1. The average molecular weight is 226 g/mol. The first kappa shape index (κ1) is 10.2. The molecule has 6 heteroatoms. The van der Waals surface area contributed by atoms with E-state index in [9.17, 15) is 8.78 Å². The summed E-state index contributed by atoms with van der Waals surface area (Å²) in [5.41, 5.74) is -0.342. The summed E-state index contributed by atoms with van der Waals surface area (Å²) < 4.78 is 25.7. The van der Waals surface area contributed by atoms with Crippen molar-refractivity contribution < 1.29 is 14.0 Å². The summed E-state index contributed by atoms with van der Waals surface area (Å²) in [6.45, 7) is 0. The monoisotopic (exact) mass is 225 g/mol. The summed E-state index contributed by atoms with van der Waals surface area (Å²) in [6.07, 6.45) is 0. The van der Waals surface area contributed by atoms with E-state index in [0.29, 0.717) is 0 Å². The van der Waals surface area contributed by atoms with E-state index in [2.05, 4.69) is 5.16 Å². The number of oxime groups is 1. The lowest BCUT2D eigenvalue weighted by molar-refractivity contribution is 0.320. The van der Waals surface area contributed by atoms with Gasteiger partial charge in [-0.2, -0.15) is 0 Å². The summed E-state index contributed by atoms with van der Waals surface area (Å²) in [5, 5.41) is 9.84. The van der Waals surface area contributed by atoms with Crippen LogP contribution in [0.3, 0.4) is 0 Å². The van der Waals surface area contributed by atoms with Gasteiger partial charge in [0.15, 0.2) is 16.8 Å². The molecule has 1 aromatic carbocycles. The second-order valence-electron chi connectivity index (χ2n) is 2.11. The summed E-state index contributed by atoms with van der Waals surface area (Å²) in [7, 11) is 0. The Morgan fingerprint density at radius 3 is 2.46 bits per heavy atom. The molecule has 0 amide bonds. The molecule has 0 aliphatic heterocycles. The zero-order chi connectivity index (χ0) is 10.0. The molecule has 1 N–H and O–H groups in total. The third kappa shape index (κ3) is 1.89. The molecule has 0 heterocycles. The molecule has 0 radical (unpaired) electrons. The first-order chi connectivity index (χ1) is 6.07. The highest BCUT2D eigenvalue weighted by Crippen LogP contribution is 2.21. The fraction of sp³-hybridized carbons (Fsp3) is 0. The fourth-order valence-electron chi connectivity index (χ4n) is 0.739. The highest BCUT2D eigenvalue weighted by Gasteiger charge is 2.15. The third-order valence-electron chi connectivity index (χ3n) is 1.35. The van der Waals surface area contributed by atoms with Crippen molar-refractivity contribution in [3.63, 3.8) is 0 Å². The van der Waals surface area contributed by atoms with E-state index in [0.717, 1.165) is 12.1 Å². The van der Waals surface area contributed by atoms with Gasteiger partial charge in [0, 0.05) is 0 Å². The highest BCUT2D eigenvalue weighted by atomic mass is 35.5. The minimum Gasteiger partial charge on any atom is -0.410 e. The van der Waals surface area contributed by atoms with Crippen LogP contribution in [0.2, 0.25) is 5.02 Å². The number of nitrogens with zero attached hydrogens (tertiary/aromatic N) is 1. The zero-order valence-electron chi connectivity index (χ0n) is 6.06. The van der Waals surface area contributed by atoms with E-state index < -0.39 is 16.8 Å². The maximum absolute atomic E-state index is 13.0. The molecule has 0 saturated carbocycles. The van der Waals surface area contributed by atoms with Crippen LogP contribution in [0.5, 0.6) is 0 Å². The van der Waals surface area contributed by atoms with E-state index in [1.165, 1.54) is 0 Å². The number of benzene rings is 1. The van der Waals surface area contributed by atoms with Crippen molar-refractivity contribution >= 4 is 28.4 Å². The molecule has 0 bridgehead atoms. The van der Waals surface area contributed by atoms with Crippen molar-refractivity contribution in [3.05, 3.63) is 34.4 Å². The van der Waals surface area contributed by atoms with Crippen LogP contribution in [0, 0.1) is 11.6 Å². The second kappa shape index (κ2) is 3.89. The lowest BCUT2D eigenvalue weighted by Gasteiger charge is -2.01. The van der Waals surface area contributed by atoms with Gasteiger partial charge in [-0.3, -0.25) is 0 Å². The molecule has 0 saturated heterocycles. The molecule has 0 fully saturated rings. The van der Waals surface area contributed by atoms with E-state index in [1.54, 1.807) is 0 Å². The molecule has 0 aromatic heterocycles. The summed E-state index contributed by atoms with van der Waals surface area (Å²) in [4.78, 5) is 0. The average Bonchev–Trinajstić information content (AvgIpc) is 2.13. The normalized spacial score (nSPS) is 11.8. The van der Waals surface area contributed by atoms with E-state index in [1.807, 2.05) is 0 Å². The molecule has 1 aromatic rings. The van der Waals surface area contributed by atoms with E-state index >= 15 is 0 Å². The predicted octanol–water partition coefficient (Wildman–Crippen LogP) is 2.99. The van der Waals surface area contributed by atoms with Gasteiger partial charge in [0.1, 0.15) is 0 Å². The van der Waals surface area contributed by atoms with Gasteiger partial charge in [0.2, 0.25) is 0 Å². The van der Waals surface area contributed by atoms with Crippen LogP contribution in [0.4, 0.5) is 8.78 Å². The largest absolute Gasteiger partial charge is 0.410 e. The van der Waals surface area contributed by atoms with Gasteiger partial charge in [-0.1, -0.05) is 28.4 Å². The van der Waals surface area contributed by atoms with Crippen LogP contribution in [0.25, 0.3) is 0 Å². The van der Waals surface area contributed by atoms with E-state index in [-0.39, 0.29) is 10.6 Å². The lowest BCUT2D eigenvalue weighted by atomic mass is 10.2. The first-order valence-electron chi connectivity index (χ1n) is 3.09. The predicted molar refractivity (Wildman–Crippen MR) is 45.5 cm³/mol. The van der Waals surface area contributed by atoms with Crippen molar-refractivity contribution in [2.75, 3.05) is 0 Å². The smallest absolute Gasteiger partial charge is 0.178 e. The molecule has 0 aliphatic carbocycles. The van der Waals surface area contributed by atoms with Crippen LogP contribution in [-0.4, -0.2) is 10.4 Å². The fourth-order valence-corrected chi connectivity index (χ4v) is 1.03. The van der Waals surface area contributed by atoms with Gasteiger partial charge in [-0.05, 0) is 12.1 Å². The second-order valence-corrected chi connectivity index (χ2v) is 2.88. The maximum Gasteiger partial charge on any atom is 0.178 e. The Labute approximate surface area is 82.4 Å². The van der Waals surface area contributed by atoms with Crippen LogP contribution < -0.4 is 0 Å². The molecule has 70 valence electrons. The molecular weight excluding hydrogens is 223 g/mol. The highest BCUT2D eigenvalue weighted by molar-refractivity contribution is 6.69. The summed E-state index contributed by atoms with van der Waals surface area (Å²) >= 11 is 10.5. The Balaban J connectivity index is 3.34. The van der Waals surface area contributed by atoms with Crippen molar-refractivity contribution in [2.24, 2.45) is 5.16 Å². The molecule has 0 unspecified atom stereocenters. The van der Waals surface area contributed by atoms with Crippen LogP contribution >= 0.6 is 23.2 Å². The Hall–Kier alpha value is -0.870. The number of halogens is 4. The first-order valence-corrected chi connectivity index (χ1v) is 3.85. The van der Waals surface area contributed by atoms with Crippen molar-refractivity contribution in [3.8, 4) is 0 Å². The lowest BCUT2D eigenvalue weighted by Crippen LogP contribution is -1.99. The Bertz CT molecular complexity index is 368. The standard InChI is InChI=1S/C7H3Cl2F2NO/c8-4-2-1-3(7(9)12-13)5(10)6(4)11/h1-2,13H/b12-7+. The van der Waals surface area contributed by atoms with Crippen LogP contribution in [-0.2, 0) is 0 Å². The van der Waals surface area contributed by atoms with Gasteiger partial charge in [0.25, 0.3) is 0 Å². The van der Waals surface area contributed by atoms with Gasteiger partial charge in [-0.25, -0.2) is 8.78 Å². The minimum absolute atomic E-state index is 0.342. The van der Waals surface area contributed by atoms with Crippen molar-refractivity contribution in [2.45, 2.75) is 0 Å². The quantitative estimate of drug-likeness (QED) is 0.339. The molecule has 13 heavy (non-hydrogen) atoms. The van der Waals surface area contributed by atoms with Gasteiger partial charge >= 0.3 is 0 Å². The van der Waals surface area contributed by atoms with Gasteiger partial charge < -0.3 is 5.21 Å². The summed E-state index contributed by atoms with van der Waals surface area (Å²) in [5.74, 6) is -2.46. The summed E-state index contributed by atoms with van der Waals surface area (Å²) in [6, 6.07) is 2.23. The molecule has 0 aliphatic rings. The van der Waals surface area contributed by atoms with Gasteiger partial charge in [0.05, 0.1) is 10.6 Å². The Kier molecular flexibility index (Phi) is 3.06. The van der Waals surface area contributed by atoms with Crippen molar-refractivity contribution in [1.29, 1.82) is 0 Å². The van der Waals surface area contributed by atoms with Crippen LogP contribution in [0.15, 0.2) is 17.3 Å². The maximum atomic E-state index is 13.0.